The number of aliphatic hydroxyl groups is 1. The van der Waals surface area contributed by atoms with Crippen molar-refractivity contribution in [1.82, 2.24) is 5.32 Å². The van der Waals surface area contributed by atoms with Crippen LogP contribution in [-0.4, -0.2) is 23.3 Å². The van der Waals surface area contributed by atoms with Crippen molar-refractivity contribution >= 4 is 39.2 Å². The quantitative estimate of drug-likeness (QED) is 0.796. The van der Waals surface area contributed by atoms with Gasteiger partial charge in [-0.05, 0) is 37.5 Å². The van der Waals surface area contributed by atoms with Gasteiger partial charge in [-0.1, -0.05) is 27.5 Å². The van der Waals surface area contributed by atoms with E-state index in [4.69, 9.17) is 11.6 Å². The summed E-state index contributed by atoms with van der Waals surface area (Å²) in [5.41, 5.74) is -0.182. The second-order valence-corrected chi connectivity index (χ2v) is 5.83. The lowest BCUT2D eigenvalue weighted by Crippen LogP contribution is -2.48. The number of carbonyl (C=O) groups is 1. The van der Waals surface area contributed by atoms with Crippen LogP contribution in [0.1, 0.15) is 19.3 Å². The Morgan fingerprint density at radius 3 is 2.78 bits per heavy atom. The summed E-state index contributed by atoms with van der Waals surface area (Å²) >= 11 is 9.27. The van der Waals surface area contributed by atoms with Crippen molar-refractivity contribution in [3.05, 3.63) is 27.7 Å². The van der Waals surface area contributed by atoms with Gasteiger partial charge in [0.05, 0.1) is 16.3 Å². The van der Waals surface area contributed by atoms with Crippen LogP contribution < -0.4 is 10.6 Å². The molecular weight excluding hydrogens is 320 g/mol. The number of anilines is 1. The highest BCUT2D eigenvalue weighted by Gasteiger charge is 2.34. The first-order valence-electron chi connectivity index (χ1n) is 5.71. The Bertz CT molecular complexity index is 463. The monoisotopic (exact) mass is 332 g/mol. The fourth-order valence-corrected chi connectivity index (χ4v) is 2.48. The number of benzene rings is 1. The molecule has 0 atom stereocenters. The van der Waals surface area contributed by atoms with Crippen molar-refractivity contribution < 1.29 is 9.90 Å². The molecule has 0 aliphatic heterocycles. The number of halogens is 2. The highest BCUT2D eigenvalue weighted by Crippen LogP contribution is 2.30. The van der Waals surface area contributed by atoms with Crippen LogP contribution in [-0.2, 0) is 0 Å². The van der Waals surface area contributed by atoms with Crippen molar-refractivity contribution in [1.29, 1.82) is 0 Å². The summed E-state index contributed by atoms with van der Waals surface area (Å²) < 4.78 is 0.849. The Balaban J connectivity index is 1.87. The summed E-state index contributed by atoms with van der Waals surface area (Å²) in [6.07, 6.45) is 2.50. The van der Waals surface area contributed by atoms with Crippen molar-refractivity contribution in [3.8, 4) is 0 Å². The van der Waals surface area contributed by atoms with Gasteiger partial charge >= 0.3 is 6.03 Å². The zero-order chi connectivity index (χ0) is 13.2. The maximum Gasteiger partial charge on any atom is 0.319 e. The minimum Gasteiger partial charge on any atom is -0.388 e. The molecule has 4 nitrogen and oxygen atoms in total. The number of rotatable bonds is 3. The van der Waals surface area contributed by atoms with Crippen molar-refractivity contribution in [2.24, 2.45) is 0 Å². The fraction of sp³-hybridized carbons (Fsp3) is 0.417. The minimum absolute atomic E-state index is 0.271. The average Bonchev–Trinajstić information content (AvgIpc) is 2.28. The summed E-state index contributed by atoms with van der Waals surface area (Å²) in [7, 11) is 0. The summed E-state index contributed by atoms with van der Waals surface area (Å²) in [6.45, 7) is 0.271. The number of hydrogen-bond acceptors (Lipinski definition) is 2. The summed E-state index contributed by atoms with van der Waals surface area (Å²) in [5.74, 6) is 0. The molecular formula is C12H14BrClN2O2. The summed E-state index contributed by atoms with van der Waals surface area (Å²) in [6, 6.07) is 4.85. The molecule has 1 fully saturated rings. The van der Waals surface area contributed by atoms with E-state index in [2.05, 4.69) is 26.6 Å². The minimum atomic E-state index is -0.721. The number of carbonyl (C=O) groups excluding carboxylic acids is 1. The topological polar surface area (TPSA) is 61.4 Å². The second kappa shape index (κ2) is 5.47. The molecule has 6 heteroatoms. The van der Waals surface area contributed by atoms with Gasteiger partial charge in [-0.2, -0.15) is 0 Å². The Morgan fingerprint density at radius 1 is 1.50 bits per heavy atom. The molecule has 0 saturated heterocycles. The Hall–Kier alpha value is -0.780. The number of urea groups is 1. The third kappa shape index (κ3) is 3.37. The molecule has 1 aromatic rings. The molecule has 2 rings (SSSR count). The molecule has 0 radical (unpaired) electrons. The molecule has 1 aliphatic rings. The van der Waals surface area contributed by atoms with Gasteiger partial charge in [0.15, 0.2) is 0 Å². The van der Waals surface area contributed by atoms with Crippen LogP contribution >= 0.6 is 27.5 Å². The standard InChI is InChI=1S/C12H14BrClN2O2/c13-8-2-3-10(9(14)6-8)16-11(17)15-7-12(18)4-1-5-12/h2-3,6,18H,1,4-5,7H2,(H2,15,16,17). The molecule has 1 aromatic carbocycles. The lowest BCUT2D eigenvalue weighted by Gasteiger charge is -2.36. The summed E-state index contributed by atoms with van der Waals surface area (Å²) in [5, 5.41) is 15.6. The predicted octanol–water partition coefficient (Wildman–Crippen LogP) is 3.14. The van der Waals surface area contributed by atoms with Crippen molar-refractivity contribution in [3.63, 3.8) is 0 Å². The molecule has 0 heterocycles. The first kappa shape index (κ1) is 13.6. The van der Waals surface area contributed by atoms with Crippen LogP contribution in [0.2, 0.25) is 5.02 Å². The van der Waals surface area contributed by atoms with Crippen LogP contribution in [0.5, 0.6) is 0 Å². The van der Waals surface area contributed by atoms with Gasteiger partial charge in [-0.25, -0.2) is 4.79 Å². The zero-order valence-electron chi connectivity index (χ0n) is 9.67. The average molecular weight is 334 g/mol. The highest BCUT2D eigenvalue weighted by atomic mass is 79.9. The smallest absolute Gasteiger partial charge is 0.319 e. The van der Waals surface area contributed by atoms with Crippen LogP contribution in [0.15, 0.2) is 22.7 Å². The lowest BCUT2D eigenvalue weighted by atomic mass is 9.80. The van der Waals surface area contributed by atoms with E-state index >= 15 is 0 Å². The molecule has 0 bridgehead atoms. The van der Waals surface area contributed by atoms with Gasteiger partial charge in [-0.15, -0.1) is 0 Å². The molecule has 2 amide bonds. The fourth-order valence-electron chi connectivity index (χ4n) is 1.76. The van der Waals surface area contributed by atoms with Gasteiger partial charge in [0, 0.05) is 11.0 Å². The third-order valence-electron chi connectivity index (χ3n) is 3.04. The van der Waals surface area contributed by atoms with Gasteiger partial charge in [0.25, 0.3) is 0 Å². The Kier molecular flexibility index (Phi) is 4.14. The predicted molar refractivity (Wildman–Crippen MR) is 75.0 cm³/mol. The Morgan fingerprint density at radius 2 is 2.22 bits per heavy atom. The first-order chi connectivity index (χ1) is 8.48. The number of amides is 2. The van der Waals surface area contributed by atoms with Gasteiger partial charge in [0.1, 0.15) is 0 Å². The molecule has 3 N–H and O–H groups in total. The number of nitrogens with one attached hydrogen (secondary N) is 2. The van der Waals surface area contributed by atoms with Crippen LogP contribution in [0.4, 0.5) is 10.5 Å². The third-order valence-corrected chi connectivity index (χ3v) is 3.85. The van der Waals surface area contributed by atoms with Crippen molar-refractivity contribution in [2.45, 2.75) is 24.9 Å². The van der Waals surface area contributed by atoms with Crippen LogP contribution in [0.25, 0.3) is 0 Å². The van der Waals surface area contributed by atoms with E-state index in [0.717, 1.165) is 23.7 Å². The summed E-state index contributed by atoms with van der Waals surface area (Å²) in [4.78, 5) is 11.6. The normalized spacial score (nSPS) is 16.8. The van der Waals surface area contributed by atoms with E-state index < -0.39 is 5.60 Å². The maximum absolute atomic E-state index is 11.6. The first-order valence-corrected chi connectivity index (χ1v) is 6.88. The second-order valence-electron chi connectivity index (χ2n) is 4.51. The molecule has 0 unspecified atom stereocenters. The zero-order valence-corrected chi connectivity index (χ0v) is 12.0. The van der Waals surface area contributed by atoms with Gasteiger partial charge < -0.3 is 15.7 Å². The van der Waals surface area contributed by atoms with Gasteiger partial charge in [0.2, 0.25) is 0 Å². The van der Waals surface area contributed by atoms with E-state index in [0.29, 0.717) is 10.7 Å². The highest BCUT2D eigenvalue weighted by molar-refractivity contribution is 9.10. The molecule has 1 aliphatic carbocycles. The molecule has 18 heavy (non-hydrogen) atoms. The van der Waals surface area contributed by atoms with Crippen LogP contribution in [0, 0.1) is 0 Å². The van der Waals surface area contributed by atoms with E-state index in [1.165, 1.54) is 0 Å². The van der Waals surface area contributed by atoms with Gasteiger partial charge in [-0.3, -0.25) is 0 Å². The van der Waals surface area contributed by atoms with Crippen LogP contribution in [0.3, 0.4) is 0 Å². The number of hydrogen-bond donors (Lipinski definition) is 3. The molecule has 0 spiro atoms. The largest absolute Gasteiger partial charge is 0.388 e. The van der Waals surface area contributed by atoms with Crippen molar-refractivity contribution in [2.75, 3.05) is 11.9 Å². The maximum atomic E-state index is 11.6. The van der Waals surface area contributed by atoms with E-state index in [1.807, 2.05) is 0 Å². The van der Waals surface area contributed by atoms with E-state index in [-0.39, 0.29) is 12.6 Å². The SMILES string of the molecule is O=C(NCC1(O)CCC1)Nc1ccc(Br)cc1Cl. The van der Waals surface area contributed by atoms with E-state index in [1.54, 1.807) is 18.2 Å². The molecule has 98 valence electrons. The lowest BCUT2D eigenvalue weighted by molar-refractivity contribution is -0.0287. The molecule has 0 aromatic heterocycles. The van der Waals surface area contributed by atoms with E-state index in [9.17, 15) is 9.90 Å². The molecule has 1 saturated carbocycles. The Labute approximate surface area is 119 Å².